The van der Waals surface area contributed by atoms with Gasteiger partial charge in [-0.05, 0) is 12.2 Å². The first-order valence-electron chi connectivity index (χ1n) is 7.10. The van der Waals surface area contributed by atoms with Gasteiger partial charge in [-0.3, -0.25) is 0 Å². The highest BCUT2D eigenvalue weighted by atomic mass is 32.2. The van der Waals surface area contributed by atoms with Gasteiger partial charge in [-0.2, -0.15) is 11.8 Å². The quantitative estimate of drug-likeness (QED) is 0.289. The van der Waals surface area contributed by atoms with Crippen LogP contribution in [0.5, 0.6) is 0 Å². The van der Waals surface area contributed by atoms with Gasteiger partial charge in [-0.25, -0.2) is 0 Å². The lowest BCUT2D eigenvalue weighted by atomic mass is 10.1. The van der Waals surface area contributed by atoms with Crippen LogP contribution in [0.15, 0.2) is 12.7 Å². The Morgan fingerprint density at radius 1 is 0.812 bits per heavy atom. The van der Waals surface area contributed by atoms with E-state index < -0.39 is 0 Å². The minimum atomic E-state index is 1.12. The first kappa shape index (κ1) is 16.1. The van der Waals surface area contributed by atoms with E-state index in [1.165, 1.54) is 70.0 Å². The van der Waals surface area contributed by atoms with Crippen molar-refractivity contribution in [3.8, 4) is 0 Å². The Hall–Kier alpha value is 0.0900. The van der Waals surface area contributed by atoms with Crippen molar-refractivity contribution in [2.75, 3.05) is 11.5 Å². The highest BCUT2D eigenvalue weighted by Gasteiger charge is 1.92. The zero-order valence-corrected chi connectivity index (χ0v) is 12.0. The molecule has 0 aliphatic heterocycles. The zero-order valence-electron chi connectivity index (χ0n) is 11.2. The molecule has 1 heteroatoms. The van der Waals surface area contributed by atoms with E-state index >= 15 is 0 Å². The van der Waals surface area contributed by atoms with Crippen LogP contribution >= 0.6 is 11.8 Å². The van der Waals surface area contributed by atoms with Crippen LogP contribution in [0.4, 0.5) is 0 Å². The van der Waals surface area contributed by atoms with E-state index in [-0.39, 0.29) is 0 Å². The number of hydrogen-bond acceptors (Lipinski definition) is 1. The van der Waals surface area contributed by atoms with Crippen molar-refractivity contribution in [1.82, 2.24) is 0 Å². The van der Waals surface area contributed by atoms with E-state index in [4.69, 9.17) is 0 Å². The summed E-state index contributed by atoms with van der Waals surface area (Å²) in [5, 5.41) is 0. The molecule has 0 aliphatic carbocycles. The maximum atomic E-state index is 3.73. The van der Waals surface area contributed by atoms with Crippen molar-refractivity contribution in [3.63, 3.8) is 0 Å². The summed E-state index contributed by atoms with van der Waals surface area (Å²) in [4.78, 5) is 0. The van der Waals surface area contributed by atoms with Gasteiger partial charge in [0, 0.05) is 5.75 Å². The molecular weight excluding hydrogens is 212 g/mol. The van der Waals surface area contributed by atoms with E-state index in [1.807, 2.05) is 17.8 Å². The van der Waals surface area contributed by atoms with Crippen molar-refractivity contribution in [2.45, 2.75) is 71.1 Å². The van der Waals surface area contributed by atoms with Gasteiger partial charge in [0.2, 0.25) is 0 Å². The van der Waals surface area contributed by atoms with Crippen molar-refractivity contribution < 1.29 is 0 Å². The standard InChI is InChI=1S/C15H30S/c1-3-5-6-7-8-9-10-11-12-13-15-16-14-4-2/h4H,2-3,5-15H2,1H3. The molecule has 0 fully saturated rings. The smallest absolute Gasteiger partial charge is 0.0110 e. The van der Waals surface area contributed by atoms with Gasteiger partial charge in [-0.15, -0.1) is 6.58 Å². The fourth-order valence-corrected chi connectivity index (χ4v) is 2.60. The van der Waals surface area contributed by atoms with Gasteiger partial charge in [0.25, 0.3) is 0 Å². The SMILES string of the molecule is C=CCSCCCCCCCCCCCC. The Kier molecular flexibility index (Phi) is 15.2. The van der Waals surface area contributed by atoms with Crippen LogP contribution in [0.25, 0.3) is 0 Å². The predicted octanol–water partition coefficient (Wildman–Crippen LogP) is 5.83. The summed E-state index contributed by atoms with van der Waals surface area (Å²) in [7, 11) is 0. The number of thioether (sulfide) groups is 1. The fourth-order valence-electron chi connectivity index (χ4n) is 1.86. The van der Waals surface area contributed by atoms with Crippen molar-refractivity contribution in [2.24, 2.45) is 0 Å². The van der Waals surface area contributed by atoms with E-state index in [2.05, 4.69) is 13.5 Å². The molecule has 0 radical (unpaired) electrons. The average Bonchev–Trinajstić information content (AvgIpc) is 2.31. The van der Waals surface area contributed by atoms with Crippen LogP contribution in [-0.2, 0) is 0 Å². The third kappa shape index (κ3) is 14.1. The second-order valence-electron chi connectivity index (χ2n) is 4.55. The van der Waals surface area contributed by atoms with E-state index in [1.54, 1.807) is 0 Å². The molecule has 0 aliphatic rings. The molecule has 0 spiro atoms. The lowest BCUT2D eigenvalue weighted by Crippen LogP contribution is -1.84. The highest BCUT2D eigenvalue weighted by Crippen LogP contribution is 2.12. The molecule has 0 unspecified atom stereocenters. The van der Waals surface area contributed by atoms with Crippen LogP contribution in [0.2, 0.25) is 0 Å². The maximum absolute atomic E-state index is 3.73. The average molecular weight is 242 g/mol. The molecular formula is C15H30S. The van der Waals surface area contributed by atoms with Crippen molar-refractivity contribution in [1.29, 1.82) is 0 Å². The molecule has 0 N–H and O–H groups in total. The summed E-state index contributed by atoms with van der Waals surface area (Å²) < 4.78 is 0. The fraction of sp³-hybridized carbons (Fsp3) is 0.867. The lowest BCUT2D eigenvalue weighted by Gasteiger charge is -2.02. The van der Waals surface area contributed by atoms with Gasteiger partial charge in [0.05, 0.1) is 0 Å². The Morgan fingerprint density at radius 2 is 1.31 bits per heavy atom. The summed E-state index contributed by atoms with van der Waals surface area (Å²) in [6, 6.07) is 0. The van der Waals surface area contributed by atoms with Crippen LogP contribution in [-0.4, -0.2) is 11.5 Å². The van der Waals surface area contributed by atoms with Gasteiger partial charge in [0.1, 0.15) is 0 Å². The van der Waals surface area contributed by atoms with Gasteiger partial charge >= 0.3 is 0 Å². The van der Waals surface area contributed by atoms with Gasteiger partial charge in [0.15, 0.2) is 0 Å². The second-order valence-corrected chi connectivity index (χ2v) is 5.70. The van der Waals surface area contributed by atoms with Crippen LogP contribution in [0.1, 0.15) is 71.1 Å². The Morgan fingerprint density at radius 3 is 1.81 bits per heavy atom. The summed E-state index contributed by atoms with van der Waals surface area (Å²) in [5.41, 5.74) is 0. The maximum Gasteiger partial charge on any atom is 0.0110 e. The number of hydrogen-bond donors (Lipinski definition) is 0. The first-order chi connectivity index (χ1) is 7.91. The third-order valence-corrected chi connectivity index (χ3v) is 3.93. The molecule has 0 nitrogen and oxygen atoms in total. The van der Waals surface area contributed by atoms with Crippen LogP contribution in [0.3, 0.4) is 0 Å². The lowest BCUT2D eigenvalue weighted by molar-refractivity contribution is 0.563. The molecule has 0 heterocycles. The van der Waals surface area contributed by atoms with Crippen LogP contribution in [0, 0.1) is 0 Å². The molecule has 96 valence electrons. The molecule has 0 bridgehead atoms. The minimum absolute atomic E-state index is 1.12. The summed E-state index contributed by atoms with van der Waals surface area (Å²) in [6.45, 7) is 6.01. The Bertz CT molecular complexity index is 131. The first-order valence-corrected chi connectivity index (χ1v) is 8.26. The van der Waals surface area contributed by atoms with Crippen molar-refractivity contribution >= 4 is 11.8 Å². The van der Waals surface area contributed by atoms with Crippen LogP contribution < -0.4 is 0 Å². The topological polar surface area (TPSA) is 0 Å². The molecule has 0 aromatic heterocycles. The zero-order chi connectivity index (χ0) is 11.9. The molecule has 0 rings (SSSR count). The Balaban J connectivity index is 2.85. The molecule has 0 saturated heterocycles. The van der Waals surface area contributed by atoms with Gasteiger partial charge in [-0.1, -0.05) is 70.8 Å². The predicted molar refractivity (Wildman–Crippen MR) is 79.4 cm³/mol. The largest absolute Gasteiger partial charge is 0.158 e. The number of rotatable bonds is 13. The molecule has 0 aromatic rings. The molecule has 0 saturated carbocycles. The highest BCUT2D eigenvalue weighted by molar-refractivity contribution is 7.99. The summed E-state index contributed by atoms with van der Waals surface area (Å²) >= 11 is 2.01. The molecule has 16 heavy (non-hydrogen) atoms. The molecule has 0 atom stereocenters. The Labute approximate surface area is 107 Å². The third-order valence-electron chi connectivity index (χ3n) is 2.88. The summed E-state index contributed by atoms with van der Waals surface area (Å²) in [5.74, 6) is 2.44. The second kappa shape index (κ2) is 15.1. The van der Waals surface area contributed by atoms with Crippen molar-refractivity contribution in [3.05, 3.63) is 12.7 Å². The van der Waals surface area contributed by atoms with E-state index in [0.29, 0.717) is 0 Å². The van der Waals surface area contributed by atoms with E-state index in [0.717, 1.165) is 5.75 Å². The normalized spacial score (nSPS) is 10.6. The molecule has 0 aromatic carbocycles. The molecule has 0 amide bonds. The van der Waals surface area contributed by atoms with Gasteiger partial charge < -0.3 is 0 Å². The minimum Gasteiger partial charge on any atom is -0.158 e. The summed E-state index contributed by atoms with van der Waals surface area (Å²) in [6.07, 6.45) is 16.4. The van der Waals surface area contributed by atoms with E-state index in [9.17, 15) is 0 Å². The monoisotopic (exact) mass is 242 g/mol. The number of unbranched alkanes of at least 4 members (excludes halogenated alkanes) is 9.